The van der Waals surface area contributed by atoms with Crippen LogP contribution in [0.5, 0.6) is 0 Å². The van der Waals surface area contributed by atoms with Gasteiger partial charge >= 0.3 is 18.1 Å². The van der Waals surface area contributed by atoms with Gasteiger partial charge in [-0.15, -0.1) is 0 Å². The van der Waals surface area contributed by atoms with Crippen LogP contribution in [0, 0.1) is 0 Å². The summed E-state index contributed by atoms with van der Waals surface area (Å²) in [6.07, 6.45) is -4.48. The van der Waals surface area contributed by atoms with Crippen molar-refractivity contribution in [1.82, 2.24) is 10.2 Å². The highest BCUT2D eigenvalue weighted by Gasteiger charge is 2.47. The molecule has 4 amide bonds. The van der Waals surface area contributed by atoms with Crippen LogP contribution in [0.2, 0.25) is 0 Å². The maximum atomic E-state index is 12.6. The molecule has 26 heavy (non-hydrogen) atoms. The van der Waals surface area contributed by atoms with Crippen molar-refractivity contribution < 1.29 is 27.6 Å². The van der Waals surface area contributed by atoms with Crippen LogP contribution in [0.1, 0.15) is 31.4 Å². The largest absolute Gasteiger partial charge is 0.471 e. The van der Waals surface area contributed by atoms with Crippen molar-refractivity contribution in [2.24, 2.45) is 5.73 Å². The normalized spacial score (nSPS) is 18.3. The minimum absolute atomic E-state index is 0.0989. The number of carbonyl (C=O) groups is 3. The van der Waals surface area contributed by atoms with Crippen LogP contribution in [0.25, 0.3) is 0 Å². The predicted octanol–water partition coefficient (Wildman–Crippen LogP) is 1.91. The van der Waals surface area contributed by atoms with E-state index in [1.54, 1.807) is 31.2 Å². The second-order valence-electron chi connectivity index (χ2n) is 6.00. The number of primary amides is 1. The van der Waals surface area contributed by atoms with Crippen molar-refractivity contribution in [3.8, 4) is 0 Å². The van der Waals surface area contributed by atoms with E-state index in [4.69, 9.17) is 5.73 Å². The Balaban J connectivity index is 2.02. The van der Waals surface area contributed by atoms with Gasteiger partial charge in [0.25, 0.3) is 0 Å². The second kappa shape index (κ2) is 7.63. The van der Waals surface area contributed by atoms with Crippen molar-refractivity contribution in [1.29, 1.82) is 0 Å². The van der Waals surface area contributed by atoms with Crippen LogP contribution in [0.4, 0.5) is 23.7 Å². The van der Waals surface area contributed by atoms with Crippen molar-refractivity contribution in [2.75, 3.05) is 11.9 Å². The maximum absolute atomic E-state index is 12.6. The lowest BCUT2D eigenvalue weighted by molar-refractivity contribution is -0.186. The Kier molecular flexibility index (Phi) is 5.73. The average molecular weight is 372 g/mol. The first-order valence-corrected chi connectivity index (χ1v) is 7.94. The molecule has 1 fully saturated rings. The number of amides is 4. The fraction of sp³-hybridized carbons (Fsp3) is 0.438. The van der Waals surface area contributed by atoms with Crippen LogP contribution in [0.3, 0.4) is 0 Å². The molecule has 0 spiro atoms. The summed E-state index contributed by atoms with van der Waals surface area (Å²) in [5, 5.41) is 5.01. The first-order chi connectivity index (χ1) is 12.1. The number of benzene rings is 1. The Hall–Kier alpha value is -2.78. The number of alkyl halides is 3. The lowest BCUT2D eigenvalue weighted by Gasteiger charge is -2.26. The predicted molar refractivity (Wildman–Crippen MR) is 87.0 cm³/mol. The Morgan fingerprint density at radius 3 is 2.38 bits per heavy atom. The highest BCUT2D eigenvalue weighted by Crippen LogP contribution is 2.26. The molecule has 1 saturated heterocycles. The molecule has 0 unspecified atom stereocenters. The fourth-order valence-corrected chi connectivity index (χ4v) is 2.84. The summed E-state index contributed by atoms with van der Waals surface area (Å²) in [6, 6.07) is 4.11. The topological polar surface area (TPSA) is 105 Å². The molecule has 142 valence electrons. The maximum Gasteiger partial charge on any atom is 0.471 e. The molecule has 0 aromatic heterocycles. The number of nitrogens with two attached hydrogens (primary N) is 1. The number of carbonyl (C=O) groups excluding carboxylic acids is 3. The van der Waals surface area contributed by atoms with Gasteiger partial charge in [-0.25, -0.2) is 4.79 Å². The number of nitrogens with zero attached hydrogens (tertiary/aromatic N) is 1. The number of urea groups is 1. The van der Waals surface area contributed by atoms with Gasteiger partial charge in [0.05, 0.1) is 6.04 Å². The molecule has 1 aromatic carbocycles. The van der Waals surface area contributed by atoms with E-state index < -0.39 is 36.1 Å². The van der Waals surface area contributed by atoms with E-state index >= 15 is 0 Å². The van der Waals surface area contributed by atoms with Crippen LogP contribution in [0.15, 0.2) is 24.3 Å². The third-order valence-electron chi connectivity index (χ3n) is 4.10. The summed E-state index contributed by atoms with van der Waals surface area (Å²) in [5.74, 6) is -2.63. The SMILES string of the molecule is C[C@@H](NC(=O)[C@H]1CCCN1C(=O)C(F)(F)F)c1ccc(NC(N)=O)cc1. The quantitative estimate of drug-likeness (QED) is 0.752. The van der Waals surface area contributed by atoms with E-state index in [0.29, 0.717) is 22.6 Å². The van der Waals surface area contributed by atoms with Gasteiger partial charge in [0, 0.05) is 12.2 Å². The monoisotopic (exact) mass is 372 g/mol. The Bertz CT molecular complexity index is 691. The molecule has 1 aliphatic rings. The molecule has 1 aliphatic heterocycles. The van der Waals surface area contributed by atoms with Gasteiger partial charge in [0.2, 0.25) is 5.91 Å². The number of rotatable bonds is 4. The van der Waals surface area contributed by atoms with Crippen LogP contribution >= 0.6 is 0 Å². The molecular formula is C16H19F3N4O3. The number of halogens is 3. The molecule has 0 aliphatic carbocycles. The molecule has 4 N–H and O–H groups in total. The minimum Gasteiger partial charge on any atom is -0.351 e. The summed E-state index contributed by atoms with van der Waals surface area (Å²) in [5.41, 5.74) is 6.16. The van der Waals surface area contributed by atoms with Crippen molar-refractivity contribution >= 4 is 23.5 Å². The lowest BCUT2D eigenvalue weighted by Crippen LogP contribution is -2.50. The van der Waals surface area contributed by atoms with E-state index in [1.165, 1.54) is 0 Å². The summed E-state index contributed by atoms with van der Waals surface area (Å²) in [6.45, 7) is 1.57. The molecule has 1 aromatic rings. The first kappa shape index (κ1) is 19.5. The minimum atomic E-state index is -5.00. The Morgan fingerprint density at radius 1 is 1.23 bits per heavy atom. The fourth-order valence-electron chi connectivity index (χ4n) is 2.84. The first-order valence-electron chi connectivity index (χ1n) is 7.94. The summed E-state index contributed by atoms with van der Waals surface area (Å²) < 4.78 is 37.9. The highest BCUT2D eigenvalue weighted by molar-refractivity contribution is 5.90. The third kappa shape index (κ3) is 4.64. The van der Waals surface area contributed by atoms with Crippen molar-refractivity contribution in [3.63, 3.8) is 0 Å². The molecular weight excluding hydrogens is 353 g/mol. The third-order valence-corrected chi connectivity index (χ3v) is 4.10. The van der Waals surface area contributed by atoms with E-state index in [0.717, 1.165) is 0 Å². The van der Waals surface area contributed by atoms with Crippen LogP contribution < -0.4 is 16.4 Å². The zero-order valence-electron chi connectivity index (χ0n) is 14.0. The van der Waals surface area contributed by atoms with E-state index in [-0.39, 0.29) is 13.0 Å². The second-order valence-corrected chi connectivity index (χ2v) is 6.00. The number of nitrogens with one attached hydrogen (secondary N) is 2. The number of hydrogen-bond donors (Lipinski definition) is 3. The number of likely N-dealkylation sites (tertiary alicyclic amines) is 1. The van der Waals surface area contributed by atoms with Crippen molar-refractivity contribution in [2.45, 2.75) is 38.0 Å². The Labute approximate surface area is 147 Å². The Morgan fingerprint density at radius 2 is 1.85 bits per heavy atom. The summed E-state index contributed by atoms with van der Waals surface area (Å²) >= 11 is 0. The zero-order valence-corrected chi connectivity index (χ0v) is 14.0. The molecule has 0 radical (unpaired) electrons. The van der Waals surface area contributed by atoms with Gasteiger partial charge in [0.15, 0.2) is 0 Å². The molecule has 1 heterocycles. The van der Waals surface area contributed by atoms with E-state index in [1.807, 2.05) is 0 Å². The number of anilines is 1. The summed E-state index contributed by atoms with van der Waals surface area (Å²) in [4.78, 5) is 35.1. The van der Waals surface area contributed by atoms with Gasteiger partial charge in [-0.1, -0.05) is 12.1 Å². The van der Waals surface area contributed by atoms with Crippen LogP contribution in [-0.4, -0.2) is 41.5 Å². The number of hydrogen-bond acceptors (Lipinski definition) is 3. The molecule has 0 bridgehead atoms. The van der Waals surface area contributed by atoms with Gasteiger partial charge in [0.1, 0.15) is 6.04 Å². The molecule has 2 atom stereocenters. The molecule has 10 heteroatoms. The van der Waals surface area contributed by atoms with Gasteiger partial charge in [-0.3, -0.25) is 9.59 Å². The average Bonchev–Trinajstić information content (AvgIpc) is 3.02. The van der Waals surface area contributed by atoms with E-state index in [9.17, 15) is 27.6 Å². The molecule has 2 rings (SSSR count). The van der Waals surface area contributed by atoms with Crippen molar-refractivity contribution in [3.05, 3.63) is 29.8 Å². The lowest BCUT2D eigenvalue weighted by atomic mass is 10.1. The zero-order chi connectivity index (χ0) is 19.5. The van der Waals surface area contributed by atoms with Gasteiger partial charge in [-0.2, -0.15) is 13.2 Å². The van der Waals surface area contributed by atoms with Gasteiger partial charge in [-0.05, 0) is 37.5 Å². The molecule has 0 saturated carbocycles. The highest BCUT2D eigenvalue weighted by atomic mass is 19.4. The summed E-state index contributed by atoms with van der Waals surface area (Å²) in [7, 11) is 0. The standard InChI is InChI=1S/C16H19F3N4O3/c1-9(10-4-6-11(7-5-10)22-15(20)26)21-13(24)12-3-2-8-23(12)14(25)16(17,18)19/h4-7,9,12H,2-3,8H2,1H3,(H,21,24)(H3,20,22,26)/t9-,12-/m1/s1. The smallest absolute Gasteiger partial charge is 0.351 e. The molecule has 7 nitrogen and oxygen atoms in total. The van der Waals surface area contributed by atoms with Crippen LogP contribution in [-0.2, 0) is 9.59 Å². The van der Waals surface area contributed by atoms with Gasteiger partial charge < -0.3 is 21.3 Å². The van der Waals surface area contributed by atoms with E-state index in [2.05, 4.69) is 10.6 Å².